The Morgan fingerprint density at radius 1 is 0.857 bits per heavy atom. The number of hydrogen-bond acceptors (Lipinski definition) is 1. The summed E-state index contributed by atoms with van der Waals surface area (Å²) in [5.41, 5.74) is -1.83. The lowest BCUT2D eigenvalue weighted by Crippen LogP contribution is -2.17. The van der Waals surface area contributed by atoms with Crippen molar-refractivity contribution < 1.29 is 26.7 Å². The van der Waals surface area contributed by atoms with Crippen LogP contribution in [0.2, 0.25) is 0 Å². The predicted molar refractivity (Wildman–Crippen MR) is 71.1 cm³/mol. The highest BCUT2D eigenvalue weighted by Gasteiger charge is 2.26. The molecule has 110 valence electrons. The number of ether oxygens (including phenoxy) is 1. The summed E-state index contributed by atoms with van der Waals surface area (Å²) in [5, 5.41) is 0. The van der Waals surface area contributed by atoms with Crippen molar-refractivity contribution in [1.82, 2.24) is 0 Å². The Morgan fingerprint density at radius 3 is 2.05 bits per heavy atom. The molecule has 2 aromatic rings. The monoisotopic (exact) mass is 300 g/mol. The van der Waals surface area contributed by atoms with E-state index in [1.165, 1.54) is 14.8 Å². The van der Waals surface area contributed by atoms with E-state index < -0.39 is 46.0 Å². The molecule has 1 nitrogen and oxygen atoms in total. The minimum atomic E-state index is -1.51. The lowest BCUT2D eigenvalue weighted by atomic mass is 9.85. The van der Waals surface area contributed by atoms with Crippen molar-refractivity contribution in [3.05, 3.63) is 46.8 Å². The van der Waals surface area contributed by atoms with Crippen LogP contribution in [0.5, 0.6) is 5.75 Å². The molecule has 0 bridgehead atoms. The Hall–Kier alpha value is -2.05. The first kappa shape index (κ1) is 15.3. The third-order valence-corrected chi connectivity index (χ3v) is 3.23. The molecule has 0 atom stereocenters. The van der Waals surface area contributed by atoms with Crippen LogP contribution in [0, 0.1) is 36.0 Å². The van der Waals surface area contributed by atoms with Gasteiger partial charge in [-0.25, -0.2) is 22.0 Å². The number of halogens is 5. The fourth-order valence-electron chi connectivity index (χ4n) is 2.14. The van der Waals surface area contributed by atoms with E-state index in [4.69, 9.17) is 4.74 Å². The van der Waals surface area contributed by atoms with Gasteiger partial charge in [-0.15, -0.1) is 0 Å². The number of hydrogen-bond donors (Lipinski definition) is 0. The zero-order valence-electron chi connectivity index (χ0n) is 11.5. The van der Waals surface area contributed by atoms with Gasteiger partial charge in [0.2, 0.25) is 0 Å². The van der Waals surface area contributed by atoms with Gasteiger partial charge >= 0.3 is 0 Å². The Morgan fingerprint density at radius 2 is 1.48 bits per heavy atom. The molecular weight excluding hydrogens is 290 g/mol. The van der Waals surface area contributed by atoms with Crippen LogP contribution in [0.25, 0.3) is 11.1 Å². The Bertz CT molecular complexity index is 730. The van der Waals surface area contributed by atoms with Crippen molar-refractivity contribution in [2.45, 2.75) is 6.92 Å². The van der Waals surface area contributed by atoms with Crippen LogP contribution in [0.1, 0.15) is 5.56 Å². The third kappa shape index (κ3) is 2.37. The minimum absolute atomic E-state index is 0.241. The zero-order valence-corrected chi connectivity index (χ0v) is 11.5. The summed E-state index contributed by atoms with van der Waals surface area (Å²) in [6, 6.07) is 1.30. The van der Waals surface area contributed by atoms with E-state index >= 15 is 0 Å². The van der Waals surface area contributed by atoms with E-state index in [-0.39, 0.29) is 11.0 Å². The molecule has 0 aromatic heterocycles. The molecule has 0 spiro atoms. The molecule has 0 aliphatic carbocycles. The number of rotatable bonds is 2. The summed E-state index contributed by atoms with van der Waals surface area (Å²) >= 11 is 0. The highest BCUT2D eigenvalue weighted by atomic mass is 19.2. The molecule has 0 unspecified atom stereocenters. The lowest BCUT2D eigenvalue weighted by Gasteiger charge is -2.16. The molecule has 0 saturated heterocycles. The molecule has 2 aromatic carbocycles. The molecular formula is C14H10BF5O. The van der Waals surface area contributed by atoms with Crippen LogP contribution < -0.4 is 10.2 Å². The van der Waals surface area contributed by atoms with Gasteiger partial charge in [-0.3, -0.25) is 0 Å². The molecule has 0 N–H and O–H groups in total. The molecule has 0 aliphatic heterocycles. The van der Waals surface area contributed by atoms with E-state index in [0.29, 0.717) is 6.07 Å². The van der Waals surface area contributed by atoms with E-state index in [9.17, 15) is 22.0 Å². The van der Waals surface area contributed by atoms with Gasteiger partial charge < -0.3 is 4.74 Å². The van der Waals surface area contributed by atoms with Crippen molar-refractivity contribution in [2.75, 3.05) is 7.11 Å². The van der Waals surface area contributed by atoms with Crippen LogP contribution in [0.4, 0.5) is 22.0 Å². The van der Waals surface area contributed by atoms with Crippen molar-refractivity contribution in [3.8, 4) is 16.9 Å². The molecule has 0 fully saturated rings. The van der Waals surface area contributed by atoms with Crippen molar-refractivity contribution in [2.24, 2.45) is 0 Å². The summed E-state index contributed by atoms with van der Waals surface area (Å²) in [5.74, 6) is -6.61. The Kier molecular flexibility index (Phi) is 3.94. The second-order valence-electron chi connectivity index (χ2n) is 4.55. The van der Waals surface area contributed by atoms with Gasteiger partial charge in [-0.2, -0.15) is 0 Å². The second-order valence-corrected chi connectivity index (χ2v) is 4.55. The quantitative estimate of drug-likeness (QED) is 0.471. The fourth-order valence-corrected chi connectivity index (χ4v) is 2.14. The van der Waals surface area contributed by atoms with E-state index in [1.54, 1.807) is 0 Å². The summed E-state index contributed by atoms with van der Waals surface area (Å²) in [7, 11) is 2.27. The van der Waals surface area contributed by atoms with Crippen molar-refractivity contribution in [3.63, 3.8) is 0 Å². The van der Waals surface area contributed by atoms with Gasteiger partial charge in [0.1, 0.15) is 19.5 Å². The maximum atomic E-state index is 14.1. The van der Waals surface area contributed by atoms with Crippen molar-refractivity contribution >= 4 is 13.3 Å². The van der Waals surface area contributed by atoms with Gasteiger partial charge in [0, 0.05) is 11.6 Å². The molecule has 0 saturated carbocycles. The van der Waals surface area contributed by atoms with Gasteiger partial charge in [-0.1, -0.05) is 0 Å². The average molecular weight is 300 g/mol. The second kappa shape index (κ2) is 5.39. The molecule has 21 heavy (non-hydrogen) atoms. The predicted octanol–water partition coefficient (Wildman–Crippen LogP) is 2.62. The standard InChI is InChI=1S/C14H10BF5O/c1-5-3-6(16)9(13(20)12(5)19)10-11(15)7(17)4-8(18)14(10)21-2/h3-4H,15H2,1-2H3. The van der Waals surface area contributed by atoms with Crippen LogP contribution in [-0.4, -0.2) is 15.0 Å². The van der Waals surface area contributed by atoms with Crippen molar-refractivity contribution in [1.29, 1.82) is 0 Å². The number of aryl methyl sites for hydroxylation is 1. The highest BCUT2D eigenvalue weighted by molar-refractivity contribution is 6.36. The van der Waals surface area contributed by atoms with Crippen LogP contribution in [0.15, 0.2) is 12.1 Å². The topological polar surface area (TPSA) is 9.23 Å². The maximum absolute atomic E-state index is 14.1. The molecule has 2 rings (SSSR count). The maximum Gasteiger partial charge on any atom is 0.169 e. The SMILES string of the molecule is Bc1c(F)cc(F)c(OC)c1-c1c(F)cc(C)c(F)c1F. The van der Waals surface area contributed by atoms with E-state index in [2.05, 4.69) is 0 Å². The summed E-state index contributed by atoms with van der Waals surface area (Å²) in [6.45, 7) is 1.18. The summed E-state index contributed by atoms with van der Waals surface area (Å²) in [4.78, 5) is 0. The van der Waals surface area contributed by atoms with Crippen LogP contribution in [0.3, 0.4) is 0 Å². The summed E-state index contributed by atoms with van der Waals surface area (Å²) in [6.07, 6.45) is 0. The van der Waals surface area contributed by atoms with Crippen LogP contribution in [-0.2, 0) is 0 Å². The molecule has 0 aliphatic rings. The van der Waals surface area contributed by atoms with Gasteiger partial charge in [0.15, 0.2) is 23.2 Å². The first-order chi connectivity index (χ1) is 9.79. The van der Waals surface area contributed by atoms with E-state index in [0.717, 1.165) is 13.2 Å². The smallest absolute Gasteiger partial charge is 0.169 e. The first-order valence-electron chi connectivity index (χ1n) is 5.96. The largest absolute Gasteiger partial charge is 0.493 e. The normalized spacial score (nSPS) is 10.8. The highest BCUT2D eigenvalue weighted by Crippen LogP contribution is 2.36. The average Bonchev–Trinajstić information content (AvgIpc) is 2.42. The number of methoxy groups -OCH3 is 1. The van der Waals surface area contributed by atoms with Gasteiger partial charge in [0.25, 0.3) is 0 Å². The fraction of sp³-hybridized carbons (Fsp3) is 0.143. The first-order valence-corrected chi connectivity index (χ1v) is 5.96. The third-order valence-electron chi connectivity index (χ3n) is 3.23. The van der Waals surface area contributed by atoms with E-state index in [1.807, 2.05) is 0 Å². The van der Waals surface area contributed by atoms with Gasteiger partial charge in [0.05, 0.1) is 12.7 Å². The van der Waals surface area contributed by atoms with Crippen LogP contribution >= 0.6 is 0 Å². The molecule has 0 amide bonds. The number of benzene rings is 2. The Labute approximate surface area is 118 Å². The molecule has 0 heterocycles. The summed E-state index contributed by atoms with van der Waals surface area (Å²) < 4.78 is 73.9. The Balaban J connectivity index is 2.95. The van der Waals surface area contributed by atoms with Gasteiger partial charge in [-0.05, 0) is 24.0 Å². The zero-order chi connectivity index (χ0) is 15.9. The molecule has 0 radical (unpaired) electrons. The minimum Gasteiger partial charge on any atom is -0.493 e. The lowest BCUT2D eigenvalue weighted by molar-refractivity contribution is 0.385. The molecule has 7 heteroatoms.